The van der Waals surface area contributed by atoms with Gasteiger partial charge in [0.25, 0.3) is 0 Å². The van der Waals surface area contributed by atoms with Gasteiger partial charge in [-0.3, -0.25) is 0 Å². The second-order valence-corrected chi connectivity index (χ2v) is 3.57. The molecule has 1 heterocycles. The van der Waals surface area contributed by atoms with Gasteiger partial charge in [0.2, 0.25) is 0 Å². The molecule has 1 nitrogen and oxygen atoms in total. The van der Waals surface area contributed by atoms with E-state index in [4.69, 9.17) is 0 Å². The molecule has 0 spiro atoms. The summed E-state index contributed by atoms with van der Waals surface area (Å²) in [6.45, 7) is 8.20. The van der Waals surface area contributed by atoms with Gasteiger partial charge in [-0.15, -0.1) is 0 Å². The van der Waals surface area contributed by atoms with Crippen molar-refractivity contribution in [2.24, 2.45) is 0 Å². The first-order valence-corrected chi connectivity index (χ1v) is 4.39. The van der Waals surface area contributed by atoms with Crippen molar-refractivity contribution in [3.63, 3.8) is 0 Å². The lowest BCUT2D eigenvalue weighted by molar-refractivity contribution is -0.539. The highest BCUT2D eigenvalue weighted by molar-refractivity contribution is 5.32. The molecule has 70 valence electrons. The average Bonchev–Trinajstić information content (AvgIpc) is 2.03. The topological polar surface area (TPSA) is 3.01 Å². The predicted molar refractivity (Wildman–Crippen MR) is 50.8 cm³/mol. The van der Waals surface area contributed by atoms with E-state index in [0.717, 1.165) is 19.5 Å². The highest BCUT2D eigenvalue weighted by atomic mass is 35.5. The quantitative estimate of drug-likeness (QED) is 0.456. The number of fused-ring (bicyclic) bond motifs is 1. The summed E-state index contributed by atoms with van der Waals surface area (Å²) >= 11 is 0. The van der Waals surface area contributed by atoms with Gasteiger partial charge in [0.05, 0.1) is 0 Å². The van der Waals surface area contributed by atoms with Gasteiger partial charge in [-0.25, -0.2) is 4.58 Å². The molecule has 2 rings (SSSR count). The zero-order valence-electron chi connectivity index (χ0n) is 7.89. The minimum absolute atomic E-state index is 0. The first-order valence-electron chi connectivity index (χ1n) is 4.39. The van der Waals surface area contributed by atoms with Crippen LogP contribution in [0.4, 0.5) is 0 Å². The number of halogens is 1. The van der Waals surface area contributed by atoms with Gasteiger partial charge in [0.15, 0.2) is 6.54 Å². The number of benzene rings is 1. The van der Waals surface area contributed by atoms with Crippen molar-refractivity contribution < 1.29 is 17.0 Å². The molecule has 0 fully saturated rings. The van der Waals surface area contributed by atoms with Crippen LogP contribution in [0.2, 0.25) is 0 Å². The van der Waals surface area contributed by atoms with Gasteiger partial charge in [-0.2, -0.15) is 0 Å². The van der Waals surface area contributed by atoms with Crippen molar-refractivity contribution in [1.82, 2.24) is 0 Å². The molecule has 0 unspecified atom stereocenters. The van der Waals surface area contributed by atoms with Crippen molar-refractivity contribution in [2.75, 3.05) is 6.54 Å². The van der Waals surface area contributed by atoms with Crippen LogP contribution in [0.3, 0.4) is 0 Å². The minimum Gasteiger partial charge on any atom is -1.00 e. The summed E-state index contributed by atoms with van der Waals surface area (Å²) in [6.07, 6.45) is 1.15. The van der Waals surface area contributed by atoms with Gasteiger partial charge in [-0.1, -0.05) is 17.7 Å². The number of rotatable bonds is 0. The Bertz CT molecular complexity index is 331. The summed E-state index contributed by atoms with van der Waals surface area (Å²) in [7, 11) is 0. The van der Waals surface area contributed by atoms with Crippen LogP contribution in [0.5, 0.6) is 0 Å². The molecule has 0 saturated heterocycles. The molecule has 0 bridgehead atoms. The third-order valence-corrected chi connectivity index (χ3v) is 2.45. The lowest BCUT2D eigenvalue weighted by Gasteiger charge is -2.14. The Morgan fingerprint density at radius 3 is 2.85 bits per heavy atom. The Morgan fingerprint density at radius 1 is 1.31 bits per heavy atom. The number of nitrogens with zero attached hydrogens (tertiary/aromatic N) is 1. The lowest BCUT2D eigenvalue weighted by atomic mass is 9.99. The Hall–Kier alpha value is -0.820. The molecule has 0 atom stereocenters. The van der Waals surface area contributed by atoms with E-state index in [-0.39, 0.29) is 12.4 Å². The van der Waals surface area contributed by atoms with E-state index in [2.05, 4.69) is 36.4 Å². The highest BCUT2D eigenvalue weighted by Crippen LogP contribution is 2.17. The fourth-order valence-electron chi connectivity index (χ4n) is 1.74. The maximum Gasteiger partial charge on any atom is 0.167 e. The SMILES string of the molecule is C=[N+]1CCc2ccc(C)cc2C1.[Cl-]. The van der Waals surface area contributed by atoms with E-state index < -0.39 is 0 Å². The molecular formula is C11H14ClN. The zero-order valence-corrected chi connectivity index (χ0v) is 8.64. The van der Waals surface area contributed by atoms with Gasteiger partial charge < -0.3 is 12.4 Å². The number of hydrogen-bond acceptors (Lipinski definition) is 0. The Balaban J connectivity index is 0.000000845. The maximum atomic E-state index is 3.96. The zero-order chi connectivity index (χ0) is 8.55. The first-order chi connectivity index (χ1) is 5.75. The van der Waals surface area contributed by atoms with Crippen molar-refractivity contribution in [3.8, 4) is 0 Å². The smallest absolute Gasteiger partial charge is 0.167 e. The molecule has 0 aliphatic carbocycles. The minimum atomic E-state index is 0. The standard InChI is InChI=1S/C11H14N.ClH/c1-9-3-4-10-5-6-12(2)8-11(10)7-9;/h3-4,7H,2,5-6,8H2,1H3;1H/q+1;/p-1. The number of hydrogen-bond donors (Lipinski definition) is 0. The summed E-state index contributed by atoms with van der Waals surface area (Å²) in [6, 6.07) is 6.71. The van der Waals surface area contributed by atoms with Crippen LogP contribution >= 0.6 is 0 Å². The van der Waals surface area contributed by atoms with E-state index >= 15 is 0 Å². The van der Waals surface area contributed by atoms with E-state index in [1.165, 1.54) is 16.7 Å². The largest absolute Gasteiger partial charge is 1.00 e. The van der Waals surface area contributed by atoms with Crippen molar-refractivity contribution in [2.45, 2.75) is 19.9 Å². The molecule has 1 aliphatic heterocycles. The highest BCUT2D eigenvalue weighted by Gasteiger charge is 2.15. The summed E-state index contributed by atoms with van der Waals surface area (Å²) < 4.78 is 2.13. The fraction of sp³-hybridized carbons (Fsp3) is 0.364. The average molecular weight is 196 g/mol. The van der Waals surface area contributed by atoms with Gasteiger partial charge in [0.1, 0.15) is 13.3 Å². The maximum absolute atomic E-state index is 3.96. The molecular weight excluding hydrogens is 182 g/mol. The second kappa shape index (κ2) is 3.93. The monoisotopic (exact) mass is 195 g/mol. The van der Waals surface area contributed by atoms with E-state index in [0.29, 0.717) is 0 Å². The Kier molecular flexibility index (Phi) is 3.10. The van der Waals surface area contributed by atoms with Crippen LogP contribution in [0, 0.1) is 6.92 Å². The molecule has 0 aromatic heterocycles. The molecule has 13 heavy (non-hydrogen) atoms. The number of aryl methyl sites for hydroxylation is 1. The lowest BCUT2D eigenvalue weighted by Crippen LogP contribution is -3.00. The third-order valence-electron chi connectivity index (χ3n) is 2.45. The van der Waals surface area contributed by atoms with Crippen LogP contribution in [0.25, 0.3) is 0 Å². The van der Waals surface area contributed by atoms with Crippen LogP contribution in [0.1, 0.15) is 16.7 Å². The van der Waals surface area contributed by atoms with Crippen molar-refractivity contribution >= 4 is 6.72 Å². The normalized spacial score (nSPS) is 14.7. The third kappa shape index (κ3) is 2.10. The predicted octanol–water partition coefficient (Wildman–Crippen LogP) is -1.23. The molecule has 1 aromatic carbocycles. The molecule has 1 aromatic rings. The Labute approximate surface area is 85.5 Å². The van der Waals surface area contributed by atoms with Crippen molar-refractivity contribution in [1.29, 1.82) is 0 Å². The summed E-state index contributed by atoms with van der Waals surface area (Å²) in [5.74, 6) is 0. The molecule has 0 amide bonds. The summed E-state index contributed by atoms with van der Waals surface area (Å²) in [5.41, 5.74) is 4.31. The molecule has 0 N–H and O–H groups in total. The van der Waals surface area contributed by atoms with Crippen LogP contribution in [0.15, 0.2) is 18.2 Å². The molecule has 1 aliphatic rings. The summed E-state index contributed by atoms with van der Waals surface area (Å²) in [5, 5.41) is 0. The van der Waals surface area contributed by atoms with Crippen LogP contribution in [-0.4, -0.2) is 17.8 Å². The van der Waals surface area contributed by atoms with E-state index in [1.807, 2.05) is 0 Å². The molecule has 0 saturated carbocycles. The van der Waals surface area contributed by atoms with Gasteiger partial charge >= 0.3 is 0 Å². The molecule has 2 heteroatoms. The van der Waals surface area contributed by atoms with Crippen molar-refractivity contribution in [3.05, 3.63) is 34.9 Å². The van der Waals surface area contributed by atoms with E-state index in [1.54, 1.807) is 0 Å². The first kappa shape index (κ1) is 10.3. The van der Waals surface area contributed by atoms with Gasteiger partial charge in [0, 0.05) is 12.0 Å². The fourth-order valence-corrected chi connectivity index (χ4v) is 1.74. The Morgan fingerprint density at radius 2 is 2.08 bits per heavy atom. The molecule has 0 radical (unpaired) electrons. The van der Waals surface area contributed by atoms with Gasteiger partial charge in [-0.05, 0) is 18.6 Å². The van der Waals surface area contributed by atoms with Crippen LogP contribution < -0.4 is 12.4 Å². The van der Waals surface area contributed by atoms with E-state index in [9.17, 15) is 0 Å². The van der Waals surface area contributed by atoms with Crippen LogP contribution in [-0.2, 0) is 13.0 Å². The second-order valence-electron chi connectivity index (χ2n) is 3.57. The summed E-state index contributed by atoms with van der Waals surface area (Å²) in [4.78, 5) is 0.